The normalized spacial score (nSPS) is 25.1. The van der Waals surface area contributed by atoms with Crippen molar-refractivity contribution >= 4 is 12.2 Å². The van der Waals surface area contributed by atoms with Gasteiger partial charge >= 0.3 is 0 Å². The lowest BCUT2D eigenvalue weighted by molar-refractivity contribution is -0.124. The third kappa shape index (κ3) is 4.31. The summed E-state index contributed by atoms with van der Waals surface area (Å²) in [6, 6.07) is 6.98. The fourth-order valence-corrected chi connectivity index (χ4v) is 2.99. The topological polar surface area (TPSA) is 55.4 Å². The minimum atomic E-state index is -0.0833. The van der Waals surface area contributed by atoms with Gasteiger partial charge in [-0.2, -0.15) is 0 Å². The molecule has 1 fully saturated rings. The summed E-state index contributed by atoms with van der Waals surface area (Å²) in [7, 11) is 0. The molecule has 1 N–H and O–H groups in total. The van der Waals surface area contributed by atoms with Crippen molar-refractivity contribution < 1.29 is 14.3 Å². The Bertz CT molecular complexity index is 473. The van der Waals surface area contributed by atoms with Gasteiger partial charge in [0.15, 0.2) is 6.61 Å². The van der Waals surface area contributed by atoms with E-state index < -0.39 is 0 Å². The van der Waals surface area contributed by atoms with E-state index in [9.17, 15) is 9.59 Å². The van der Waals surface area contributed by atoms with Crippen LogP contribution < -0.4 is 10.1 Å². The molecular weight excluding hydrogens is 266 g/mol. The average molecular weight is 289 g/mol. The summed E-state index contributed by atoms with van der Waals surface area (Å²) in [5.41, 5.74) is 0.594. The molecule has 1 aromatic carbocycles. The van der Waals surface area contributed by atoms with Gasteiger partial charge in [-0.15, -0.1) is 0 Å². The summed E-state index contributed by atoms with van der Waals surface area (Å²) in [6.07, 6.45) is 4.36. The molecule has 0 bridgehead atoms. The van der Waals surface area contributed by atoms with Crippen molar-refractivity contribution in [1.82, 2.24) is 5.32 Å². The molecule has 0 aliphatic heterocycles. The molecule has 4 heteroatoms. The number of hydrogen-bond acceptors (Lipinski definition) is 3. The molecule has 1 aromatic rings. The largest absolute Gasteiger partial charge is 0.484 e. The molecule has 114 valence electrons. The van der Waals surface area contributed by atoms with Crippen molar-refractivity contribution in [2.75, 3.05) is 6.61 Å². The number of rotatable bonds is 5. The van der Waals surface area contributed by atoms with Gasteiger partial charge in [0.05, 0.1) is 0 Å². The monoisotopic (exact) mass is 289 g/mol. The van der Waals surface area contributed by atoms with Crippen molar-refractivity contribution in [3.05, 3.63) is 29.8 Å². The lowest BCUT2D eigenvalue weighted by Gasteiger charge is -2.35. The van der Waals surface area contributed by atoms with Gasteiger partial charge in [0.25, 0.3) is 5.91 Å². The highest BCUT2D eigenvalue weighted by Gasteiger charge is 2.28. The number of carbonyl (C=O) groups is 2. The van der Waals surface area contributed by atoms with E-state index in [1.807, 2.05) is 0 Å². The molecule has 1 aliphatic carbocycles. The molecule has 4 nitrogen and oxygen atoms in total. The first-order chi connectivity index (χ1) is 10.1. The molecule has 0 spiro atoms. The molecular formula is C17H23NO3. The lowest BCUT2D eigenvalue weighted by Crippen LogP contribution is -2.47. The van der Waals surface area contributed by atoms with Crippen LogP contribution in [0, 0.1) is 11.8 Å². The number of amides is 1. The van der Waals surface area contributed by atoms with E-state index in [1.54, 1.807) is 24.3 Å². The first-order valence-corrected chi connectivity index (χ1v) is 7.57. The molecule has 0 aromatic heterocycles. The summed E-state index contributed by atoms with van der Waals surface area (Å²) in [5, 5.41) is 3.09. The van der Waals surface area contributed by atoms with Crippen molar-refractivity contribution in [2.45, 2.75) is 39.2 Å². The van der Waals surface area contributed by atoms with E-state index in [0.717, 1.165) is 6.29 Å². The van der Waals surface area contributed by atoms with Crippen LogP contribution in [0.15, 0.2) is 24.3 Å². The van der Waals surface area contributed by atoms with E-state index in [2.05, 4.69) is 19.2 Å². The van der Waals surface area contributed by atoms with Crippen LogP contribution in [-0.4, -0.2) is 24.8 Å². The maximum atomic E-state index is 12.0. The number of benzene rings is 1. The fourth-order valence-electron chi connectivity index (χ4n) is 2.99. The van der Waals surface area contributed by atoms with Crippen LogP contribution in [0.1, 0.15) is 43.5 Å². The Morgan fingerprint density at radius 3 is 2.43 bits per heavy atom. The average Bonchev–Trinajstić information content (AvgIpc) is 2.49. The quantitative estimate of drug-likeness (QED) is 0.848. The summed E-state index contributed by atoms with van der Waals surface area (Å²) in [5.74, 6) is 1.55. The van der Waals surface area contributed by atoms with Crippen LogP contribution in [-0.2, 0) is 4.79 Å². The molecule has 2 atom stereocenters. The summed E-state index contributed by atoms with van der Waals surface area (Å²) < 4.78 is 5.45. The Morgan fingerprint density at radius 2 is 1.86 bits per heavy atom. The van der Waals surface area contributed by atoms with Crippen LogP contribution in [0.2, 0.25) is 0 Å². The van der Waals surface area contributed by atoms with Crippen LogP contribution in [0.4, 0.5) is 0 Å². The SMILES string of the molecule is CC1CCCC(C)C1NC(=O)COc1ccc(C=O)cc1. The van der Waals surface area contributed by atoms with Gasteiger partial charge < -0.3 is 10.1 Å². The molecule has 2 unspecified atom stereocenters. The number of nitrogens with one attached hydrogen (secondary N) is 1. The lowest BCUT2D eigenvalue weighted by atomic mass is 9.79. The van der Waals surface area contributed by atoms with E-state index >= 15 is 0 Å². The van der Waals surface area contributed by atoms with Crippen molar-refractivity contribution in [3.63, 3.8) is 0 Å². The van der Waals surface area contributed by atoms with Crippen LogP contribution in [0.3, 0.4) is 0 Å². The molecule has 1 saturated carbocycles. The van der Waals surface area contributed by atoms with E-state index in [4.69, 9.17) is 4.74 Å². The Kier molecular flexibility index (Phi) is 5.37. The Labute approximate surface area is 125 Å². The minimum Gasteiger partial charge on any atom is -0.484 e. The molecule has 1 amide bonds. The molecule has 2 rings (SSSR count). The fraction of sp³-hybridized carbons (Fsp3) is 0.529. The van der Waals surface area contributed by atoms with Crippen molar-refractivity contribution in [3.8, 4) is 5.75 Å². The standard InChI is InChI=1S/C17H23NO3/c1-12-4-3-5-13(2)17(12)18-16(20)11-21-15-8-6-14(10-19)7-9-15/h6-10,12-13,17H,3-5,11H2,1-2H3,(H,18,20). The zero-order valence-electron chi connectivity index (χ0n) is 12.7. The van der Waals surface area contributed by atoms with Crippen molar-refractivity contribution in [1.29, 1.82) is 0 Å². The van der Waals surface area contributed by atoms with E-state index in [0.29, 0.717) is 23.1 Å². The molecule has 1 aliphatic rings. The predicted octanol–water partition coefficient (Wildman–Crippen LogP) is 2.82. The van der Waals surface area contributed by atoms with E-state index in [1.165, 1.54) is 19.3 Å². The van der Waals surface area contributed by atoms with Gasteiger partial charge in [-0.1, -0.05) is 20.3 Å². The molecule has 21 heavy (non-hydrogen) atoms. The minimum absolute atomic E-state index is 0.0103. The highest BCUT2D eigenvalue weighted by atomic mass is 16.5. The number of hydrogen-bond donors (Lipinski definition) is 1. The summed E-state index contributed by atoms with van der Waals surface area (Å²) in [6.45, 7) is 4.40. The van der Waals surface area contributed by atoms with Crippen molar-refractivity contribution in [2.24, 2.45) is 11.8 Å². The molecule has 0 saturated heterocycles. The zero-order valence-corrected chi connectivity index (χ0v) is 12.7. The van der Waals surface area contributed by atoms with Gasteiger partial charge in [0, 0.05) is 11.6 Å². The number of carbonyl (C=O) groups excluding carboxylic acids is 2. The van der Waals surface area contributed by atoms with Gasteiger partial charge in [-0.05, 0) is 48.9 Å². The summed E-state index contributed by atoms with van der Waals surface area (Å²) >= 11 is 0. The summed E-state index contributed by atoms with van der Waals surface area (Å²) in [4.78, 5) is 22.6. The van der Waals surface area contributed by atoms with Gasteiger partial charge in [-0.3, -0.25) is 9.59 Å². The van der Waals surface area contributed by atoms with Crippen LogP contribution in [0.5, 0.6) is 5.75 Å². The first-order valence-electron chi connectivity index (χ1n) is 7.57. The Hall–Kier alpha value is -1.84. The third-order valence-electron chi connectivity index (χ3n) is 4.26. The number of ether oxygens (including phenoxy) is 1. The number of aldehydes is 1. The second kappa shape index (κ2) is 7.25. The van der Waals surface area contributed by atoms with Crippen LogP contribution >= 0.6 is 0 Å². The predicted molar refractivity (Wildman–Crippen MR) is 81.4 cm³/mol. The molecule has 0 heterocycles. The highest BCUT2D eigenvalue weighted by Crippen LogP contribution is 2.28. The van der Waals surface area contributed by atoms with Crippen LogP contribution in [0.25, 0.3) is 0 Å². The Balaban J connectivity index is 1.82. The Morgan fingerprint density at radius 1 is 1.24 bits per heavy atom. The van der Waals surface area contributed by atoms with E-state index in [-0.39, 0.29) is 18.6 Å². The van der Waals surface area contributed by atoms with Gasteiger partial charge in [-0.25, -0.2) is 0 Å². The van der Waals surface area contributed by atoms with Gasteiger partial charge in [0.2, 0.25) is 0 Å². The maximum Gasteiger partial charge on any atom is 0.258 e. The second-order valence-corrected chi connectivity index (χ2v) is 5.95. The molecule has 0 radical (unpaired) electrons. The maximum absolute atomic E-state index is 12.0. The third-order valence-corrected chi connectivity index (χ3v) is 4.26. The van der Waals surface area contributed by atoms with Gasteiger partial charge in [0.1, 0.15) is 12.0 Å². The first kappa shape index (κ1) is 15.5. The smallest absolute Gasteiger partial charge is 0.258 e. The zero-order chi connectivity index (χ0) is 15.2. The second-order valence-electron chi connectivity index (χ2n) is 5.95. The highest BCUT2D eigenvalue weighted by molar-refractivity contribution is 5.78.